The smallest absolute Gasteiger partial charge is 0.330 e. The fourth-order valence-electron chi connectivity index (χ4n) is 2.20. The number of hydrogen-bond donors (Lipinski definition) is 0. The Kier molecular flexibility index (Phi) is 10.7. The van der Waals surface area contributed by atoms with Crippen LogP contribution < -0.4 is 4.74 Å². The third kappa shape index (κ3) is 10.0. The molecular formula is C19H28O3. The molecule has 3 heteroatoms. The van der Waals surface area contributed by atoms with Crippen LogP contribution >= 0.6 is 0 Å². The van der Waals surface area contributed by atoms with Gasteiger partial charge in [0.1, 0.15) is 5.75 Å². The van der Waals surface area contributed by atoms with Crippen molar-refractivity contribution in [3.63, 3.8) is 0 Å². The summed E-state index contributed by atoms with van der Waals surface area (Å²) >= 11 is 0. The van der Waals surface area contributed by atoms with Gasteiger partial charge in [-0.05, 0) is 25.0 Å². The highest BCUT2D eigenvalue weighted by Crippen LogP contribution is 2.11. The minimum Gasteiger partial charge on any atom is -0.494 e. The normalized spacial score (nSPS) is 10.2. The standard InChI is InChI=1S/C19H28O3/c1-2-19(20)22-17-13-8-6-4-3-5-7-12-16-21-18-14-10-9-11-15-18/h2,9-11,14-15H,1,3-8,12-13,16-17H2. The Morgan fingerprint density at radius 3 is 2.00 bits per heavy atom. The van der Waals surface area contributed by atoms with E-state index >= 15 is 0 Å². The quantitative estimate of drug-likeness (QED) is 0.295. The van der Waals surface area contributed by atoms with Gasteiger partial charge in [0.25, 0.3) is 0 Å². The van der Waals surface area contributed by atoms with Gasteiger partial charge in [0, 0.05) is 6.08 Å². The monoisotopic (exact) mass is 304 g/mol. The van der Waals surface area contributed by atoms with Gasteiger partial charge in [-0.15, -0.1) is 0 Å². The number of esters is 1. The molecule has 0 heterocycles. The highest BCUT2D eigenvalue weighted by molar-refractivity contribution is 5.81. The van der Waals surface area contributed by atoms with E-state index in [1.165, 1.54) is 38.2 Å². The molecule has 0 atom stereocenters. The first kappa shape index (κ1) is 18.3. The minimum absolute atomic E-state index is 0.322. The van der Waals surface area contributed by atoms with Crippen molar-refractivity contribution in [2.75, 3.05) is 13.2 Å². The average Bonchev–Trinajstić information content (AvgIpc) is 2.56. The summed E-state index contributed by atoms with van der Waals surface area (Å²) in [6, 6.07) is 9.97. The van der Waals surface area contributed by atoms with Crippen molar-refractivity contribution in [3.8, 4) is 5.75 Å². The Bertz CT molecular complexity index is 400. The lowest BCUT2D eigenvalue weighted by molar-refractivity contribution is -0.137. The third-order valence-electron chi connectivity index (χ3n) is 3.46. The Balaban J connectivity index is 1.78. The first-order valence-electron chi connectivity index (χ1n) is 8.30. The van der Waals surface area contributed by atoms with Gasteiger partial charge in [0.15, 0.2) is 0 Å². The maximum atomic E-state index is 10.8. The van der Waals surface area contributed by atoms with E-state index in [2.05, 4.69) is 6.58 Å². The first-order valence-corrected chi connectivity index (χ1v) is 8.30. The van der Waals surface area contributed by atoms with E-state index in [0.29, 0.717) is 6.61 Å². The van der Waals surface area contributed by atoms with Gasteiger partial charge >= 0.3 is 5.97 Å². The first-order chi connectivity index (χ1) is 10.8. The largest absolute Gasteiger partial charge is 0.494 e. The molecule has 0 spiro atoms. The second-order valence-electron chi connectivity index (χ2n) is 5.36. The maximum Gasteiger partial charge on any atom is 0.330 e. The molecule has 0 aliphatic carbocycles. The van der Waals surface area contributed by atoms with Crippen LogP contribution in [0, 0.1) is 0 Å². The van der Waals surface area contributed by atoms with E-state index in [4.69, 9.17) is 9.47 Å². The lowest BCUT2D eigenvalue weighted by Gasteiger charge is -2.06. The fraction of sp³-hybridized carbons (Fsp3) is 0.526. The molecule has 3 nitrogen and oxygen atoms in total. The Morgan fingerprint density at radius 1 is 0.864 bits per heavy atom. The number of unbranched alkanes of at least 4 members (excludes halogenated alkanes) is 7. The van der Waals surface area contributed by atoms with Crippen LogP contribution in [-0.4, -0.2) is 19.2 Å². The van der Waals surface area contributed by atoms with Crippen LogP contribution in [0.3, 0.4) is 0 Å². The van der Waals surface area contributed by atoms with Gasteiger partial charge in [-0.3, -0.25) is 0 Å². The summed E-state index contributed by atoms with van der Waals surface area (Å²) in [5.41, 5.74) is 0. The second kappa shape index (κ2) is 12.9. The Hall–Kier alpha value is -1.77. The van der Waals surface area contributed by atoms with E-state index in [1.54, 1.807) is 0 Å². The molecule has 1 rings (SSSR count). The van der Waals surface area contributed by atoms with E-state index < -0.39 is 0 Å². The number of benzene rings is 1. The summed E-state index contributed by atoms with van der Waals surface area (Å²) in [7, 11) is 0. The van der Waals surface area contributed by atoms with E-state index in [0.717, 1.165) is 31.6 Å². The molecule has 0 saturated carbocycles. The van der Waals surface area contributed by atoms with Gasteiger partial charge in [0.05, 0.1) is 13.2 Å². The van der Waals surface area contributed by atoms with Gasteiger partial charge in [-0.1, -0.05) is 63.3 Å². The SMILES string of the molecule is C=CC(=O)OCCCCCCCCCCOc1ccccc1. The fourth-order valence-corrected chi connectivity index (χ4v) is 2.20. The van der Waals surface area contributed by atoms with Crippen molar-refractivity contribution in [2.24, 2.45) is 0 Å². The molecule has 0 radical (unpaired) electrons. The van der Waals surface area contributed by atoms with Crippen molar-refractivity contribution in [1.29, 1.82) is 0 Å². The van der Waals surface area contributed by atoms with E-state index in [-0.39, 0.29) is 5.97 Å². The Labute approximate surface area is 134 Å². The topological polar surface area (TPSA) is 35.5 Å². The molecule has 1 aromatic carbocycles. The van der Waals surface area contributed by atoms with Crippen LogP contribution in [0.2, 0.25) is 0 Å². The average molecular weight is 304 g/mol. The predicted octanol–water partition coefficient (Wildman–Crippen LogP) is 4.92. The summed E-state index contributed by atoms with van der Waals surface area (Å²) in [6.07, 6.45) is 10.6. The minimum atomic E-state index is -0.322. The lowest BCUT2D eigenvalue weighted by Crippen LogP contribution is -2.01. The highest BCUT2D eigenvalue weighted by Gasteiger charge is 1.96. The van der Waals surface area contributed by atoms with Crippen LogP contribution in [0.5, 0.6) is 5.75 Å². The summed E-state index contributed by atoms with van der Waals surface area (Å²) in [5, 5.41) is 0. The number of carbonyl (C=O) groups is 1. The molecule has 0 unspecified atom stereocenters. The predicted molar refractivity (Wildman–Crippen MR) is 90.0 cm³/mol. The molecule has 0 aliphatic heterocycles. The van der Waals surface area contributed by atoms with Crippen LogP contribution in [0.25, 0.3) is 0 Å². The number of carbonyl (C=O) groups excluding carboxylic acids is 1. The summed E-state index contributed by atoms with van der Waals surface area (Å²) in [5.74, 6) is 0.636. The highest BCUT2D eigenvalue weighted by atomic mass is 16.5. The molecular weight excluding hydrogens is 276 g/mol. The summed E-state index contributed by atoms with van der Waals surface area (Å²) < 4.78 is 10.6. The maximum absolute atomic E-state index is 10.8. The number of para-hydroxylation sites is 1. The van der Waals surface area contributed by atoms with Crippen molar-refractivity contribution < 1.29 is 14.3 Å². The molecule has 122 valence electrons. The third-order valence-corrected chi connectivity index (χ3v) is 3.46. The van der Waals surface area contributed by atoms with Crippen molar-refractivity contribution >= 4 is 5.97 Å². The van der Waals surface area contributed by atoms with Crippen LogP contribution in [0.1, 0.15) is 51.4 Å². The van der Waals surface area contributed by atoms with Gasteiger partial charge < -0.3 is 9.47 Å². The molecule has 22 heavy (non-hydrogen) atoms. The molecule has 0 saturated heterocycles. The van der Waals surface area contributed by atoms with Gasteiger partial charge in [0.2, 0.25) is 0 Å². The van der Waals surface area contributed by atoms with E-state index in [1.807, 2.05) is 30.3 Å². The summed E-state index contributed by atoms with van der Waals surface area (Å²) in [6.45, 7) is 4.68. The number of hydrogen-bond acceptors (Lipinski definition) is 3. The van der Waals surface area contributed by atoms with Crippen molar-refractivity contribution in [1.82, 2.24) is 0 Å². The van der Waals surface area contributed by atoms with Crippen LogP contribution in [-0.2, 0) is 9.53 Å². The molecule has 0 N–H and O–H groups in total. The zero-order valence-electron chi connectivity index (χ0n) is 13.5. The summed E-state index contributed by atoms with van der Waals surface area (Å²) in [4.78, 5) is 10.8. The Morgan fingerprint density at radius 2 is 1.41 bits per heavy atom. The van der Waals surface area contributed by atoms with Gasteiger partial charge in [-0.25, -0.2) is 4.79 Å². The zero-order valence-corrected chi connectivity index (χ0v) is 13.5. The number of rotatable bonds is 13. The van der Waals surface area contributed by atoms with Crippen molar-refractivity contribution in [3.05, 3.63) is 43.0 Å². The molecule has 0 aliphatic rings. The van der Waals surface area contributed by atoms with Crippen LogP contribution in [0.4, 0.5) is 0 Å². The second-order valence-corrected chi connectivity index (χ2v) is 5.36. The number of ether oxygens (including phenoxy) is 2. The molecule has 0 bridgehead atoms. The van der Waals surface area contributed by atoms with Crippen LogP contribution in [0.15, 0.2) is 43.0 Å². The zero-order chi connectivity index (χ0) is 15.9. The van der Waals surface area contributed by atoms with E-state index in [9.17, 15) is 4.79 Å². The molecule has 0 amide bonds. The lowest BCUT2D eigenvalue weighted by atomic mass is 10.1. The molecule has 0 aromatic heterocycles. The van der Waals surface area contributed by atoms with Crippen molar-refractivity contribution in [2.45, 2.75) is 51.4 Å². The molecule has 1 aromatic rings. The molecule has 0 fully saturated rings. The van der Waals surface area contributed by atoms with Gasteiger partial charge in [-0.2, -0.15) is 0 Å².